The highest BCUT2D eigenvalue weighted by Crippen LogP contribution is 2.19. The first-order valence-corrected chi connectivity index (χ1v) is 6.62. The van der Waals surface area contributed by atoms with E-state index in [1.54, 1.807) is 0 Å². The van der Waals surface area contributed by atoms with Crippen LogP contribution in [0.25, 0.3) is 0 Å². The molecule has 2 rings (SSSR count). The second kappa shape index (κ2) is 5.84. The van der Waals surface area contributed by atoms with Gasteiger partial charge in [0, 0.05) is 13.1 Å². The lowest BCUT2D eigenvalue weighted by atomic mass is 10.1. The van der Waals surface area contributed by atoms with Crippen molar-refractivity contribution in [2.24, 2.45) is 0 Å². The molecule has 1 aromatic rings. The molecule has 100 valence electrons. The molecule has 1 unspecified atom stereocenters. The van der Waals surface area contributed by atoms with E-state index < -0.39 is 0 Å². The van der Waals surface area contributed by atoms with Gasteiger partial charge < -0.3 is 15.4 Å². The summed E-state index contributed by atoms with van der Waals surface area (Å²) in [5.74, 6) is 0.865. The second-order valence-electron chi connectivity index (χ2n) is 4.66. The number of ether oxygens (including phenoxy) is 1. The van der Waals surface area contributed by atoms with Gasteiger partial charge in [0.15, 0.2) is 0 Å². The summed E-state index contributed by atoms with van der Waals surface area (Å²) < 4.78 is 5.61. The van der Waals surface area contributed by atoms with Gasteiger partial charge in [-0.25, -0.2) is 0 Å². The summed E-state index contributed by atoms with van der Waals surface area (Å²) in [6.45, 7) is 6.00. The monoisotopic (exact) mass is 251 g/mol. The van der Waals surface area contributed by atoms with Crippen LogP contribution in [0.3, 0.4) is 0 Å². The number of nitrogens with two attached hydrogens (primary N) is 1. The van der Waals surface area contributed by atoms with Crippen molar-refractivity contribution in [2.45, 2.75) is 45.6 Å². The predicted octanol–water partition coefficient (Wildman–Crippen LogP) is 1.62. The SMILES string of the molecule is CCC(C)Oc1nc(N)nc(N2CCCCC2)n1. The van der Waals surface area contributed by atoms with Crippen LogP contribution in [0, 0.1) is 0 Å². The summed E-state index contributed by atoms with van der Waals surface area (Å²) in [7, 11) is 0. The molecule has 0 spiro atoms. The van der Waals surface area contributed by atoms with Crippen molar-refractivity contribution in [3.8, 4) is 6.01 Å². The zero-order valence-corrected chi connectivity index (χ0v) is 11.1. The van der Waals surface area contributed by atoms with E-state index in [0.717, 1.165) is 19.5 Å². The van der Waals surface area contributed by atoms with E-state index in [1.807, 2.05) is 6.92 Å². The molecule has 6 heteroatoms. The fourth-order valence-electron chi connectivity index (χ4n) is 1.91. The Labute approximate surface area is 108 Å². The summed E-state index contributed by atoms with van der Waals surface area (Å²) >= 11 is 0. The third-order valence-electron chi connectivity index (χ3n) is 3.14. The van der Waals surface area contributed by atoms with Crippen molar-refractivity contribution in [3.05, 3.63) is 0 Å². The van der Waals surface area contributed by atoms with Crippen molar-refractivity contribution < 1.29 is 4.74 Å². The van der Waals surface area contributed by atoms with E-state index in [1.165, 1.54) is 19.3 Å². The molecule has 18 heavy (non-hydrogen) atoms. The molecule has 6 nitrogen and oxygen atoms in total. The molecule has 0 saturated carbocycles. The van der Waals surface area contributed by atoms with Crippen molar-refractivity contribution >= 4 is 11.9 Å². The Hall–Kier alpha value is -1.59. The van der Waals surface area contributed by atoms with Crippen LogP contribution in [0.15, 0.2) is 0 Å². The first-order valence-electron chi connectivity index (χ1n) is 6.62. The summed E-state index contributed by atoms with van der Waals surface area (Å²) in [6, 6.07) is 0.331. The summed E-state index contributed by atoms with van der Waals surface area (Å²) in [4.78, 5) is 14.7. The molecule has 0 amide bonds. The fourth-order valence-corrected chi connectivity index (χ4v) is 1.91. The Bertz CT molecular complexity index is 392. The number of hydrogen-bond acceptors (Lipinski definition) is 6. The number of piperidine rings is 1. The maximum atomic E-state index is 5.71. The molecule has 2 N–H and O–H groups in total. The minimum atomic E-state index is 0.0843. The molecular formula is C12H21N5O. The molecule has 1 aliphatic rings. The number of anilines is 2. The highest BCUT2D eigenvalue weighted by atomic mass is 16.5. The highest BCUT2D eigenvalue weighted by Gasteiger charge is 2.16. The second-order valence-corrected chi connectivity index (χ2v) is 4.66. The normalized spacial score (nSPS) is 17.6. The molecule has 1 saturated heterocycles. The number of rotatable bonds is 4. The molecule has 0 bridgehead atoms. The molecule has 0 radical (unpaired) electrons. The Morgan fingerprint density at radius 3 is 2.61 bits per heavy atom. The topological polar surface area (TPSA) is 77.2 Å². The third kappa shape index (κ3) is 3.21. The first kappa shape index (κ1) is 12.9. The minimum absolute atomic E-state index is 0.0843. The van der Waals surface area contributed by atoms with Crippen molar-refractivity contribution in [3.63, 3.8) is 0 Å². The molecule has 1 aromatic heterocycles. The lowest BCUT2D eigenvalue weighted by Gasteiger charge is -2.26. The van der Waals surface area contributed by atoms with Crippen molar-refractivity contribution in [1.29, 1.82) is 0 Å². The Morgan fingerprint density at radius 1 is 1.22 bits per heavy atom. The maximum absolute atomic E-state index is 5.71. The first-order chi connectivity index (χ1) is 8.69. The van der Waals surface area contributed by atoms with Crippen LogP contribution in [-0.4, -0.2) is 34.1 Å². The largest absolute Gasteiger partial charge is 0.460 e. The van der Waals surface area contributed by atoms with E-state index in [0.29, 0.717) is 12.0 Å². The van der Waals surface area contributed by atoms with Gasteiger partial charge in [-0.3, -0.25) is 0 Å². The van der Waals surface area contributed by atoms with E-state index in [-0.39, 0.29) is 12.1 Å². The summed E-state index contributed by atoms with van der Waals surface area (Å²) in [6.07, 6.45) is 4.61. The standard InChI is InChI=1S/C12H21N5O/c1-3-9(2)18-12-15-10(13)14-11(16-12)17-7-5-4-6-8-17/h9H,3-8H2,1-2H3,(H2,13,14,15,16). The summed E-state index contributed by atoms with van der Waals surface area (Å²) in [5.41, 5.74) is 5.71. The van der Waals surface area contributed by atoms with Crippen molar-refractivity contribution in [2.75, 3.05) is 23.7 Å². The molecule has 2 heterocycles. The number of nitrogen functional groups attached to an aromatic ring is 1. The molecule has 0 aliphatic carbocycles. The highest BCUT2D eigenvalue weighted by molar-refractivity contribution is 5.36. The number of nitrogens with zero attached hydrogens (tertiary/aromatic N) is 4. The lowest BCUT2D eigenvalue weighted by molar-refractivity contribution is 0.199. The van der Waals surface area contributed by atoms with E-state index in [4.69, 9.17) is 10.5 Å². The van der Waals surface area contributed by atoms with Crippen LogP contribution in [-0.2, 0) is 0 Å². The third-order valence-corrected chi connectivity index (χ3v) is 3.14. The van der Waals surface area contributed by atoms with Gasteiger partial charge in [0.25, 0.3) is 0 Å². The van der Waals surface area contributed by atoms with Crippen LogP contribution in [0.5, 0.6) is 6.01 Å². The Morgan fingerprint density at radius 2 is 1.94 bits per heavy atom. The van der Waals surface area contributed by atoms with Crippen LogP contribution in [0.1, 0.15) is 39.5 Å². The minimum Gasteiger partial charge on any atom is -0.460 e. The van der Waals surface area contributed by atoms with Gasteiger partial charge in [-0.15, -0.1) is 0 Å². The van der Waals surface area contributed by atoms with Gasteiger partial charge in [-0.05, 0) is 32.6 Å². The van der Waals surface area contributed by atoms with Crippen LogP contribution >= 0.6 is 0 Å². The average molecular weight is 251 g/mol. The predicted molar refractivity (Wildman–Crippen MR) is 70.7 cm³/mol. The van der Waals surface area contributed by atoms with Gasteiger partial charge >= 0.3 is 6.01 Å². The zero-order chi connectivity index (χ0) is 13.0. The molecular weight excluding hydrogens is 230 g/mol. The van der Waals surface area contributed by atoms with Crippen LogP contribution in [0.4, 0.5) is 11.9 Å². The van der Waals surface area contributed by atoms with Crippen LogP contribution < -0.4 is 15.4 Å². The Kier molecular flexibility index (Phi) is 4.17. The molecule has 1 aliphatic heterocycles. The molecule has 0 aromatic carbocycles. The smallest absolute Gasteiger partial charge is 0.323 e. The summed E-state index contributed by atoms with van der Waals surface area (Å²) in [5, 5.41) is 0. The molecule has 1 fully saturated rings. The average Bonchev–Trinajstić information content (AvgIpc) is 2.39. The van der Waals surface area contributed by atoms with E-state index in [9.17, 15) is 0 Å². The number of aromatic nitrogens is 3. The van der Waals surface area contributed by atoms with E-state index in [2.05, 4.69) is 26.8 Å². The fraction of sp³-hybridized carbons (Fsp3) is 0.750. The van der Waals surface area contributed by atoms with Gasteiger partial charge in [0.1, 0.15) is 0 Å². The van der Waals surface area contributed by atoms with Crippen molar-refractivity contribution in [1.82, 2.24) is 15.0 Å². The molecule has 1 atom stereocenters. The van der Waals surface area contributed by atoms with Gasteiger partial charge in [-0.2, -0.15) is 15.0 Å². The van der Waals surface area contributed by atoms with E-state index >= 15 is 0 Å². The van der Waals surface area contributed by atoms with Crippen LogP contribution in [0.2, 0.25) is 0 Å². The number of hydrogen-bond donors (Lipinski definition) is 1. The zero-order valence-electron chi connectivity index (χ0n) is 11.1. The maximum Gasteiger partial charge on any atom is 0.323 e. The lowest BCUT2D eigenvalue weighted by Crippen LogP contribution is -2.31. The van der Waals surface area contributed by atoms with Gasteiger partial charge in [0.05, 0.1) is 6.10 Å². The quantitative estimate of drug-likeness (QED) is 0.876. The van der Waals surface area contributed by atoms with Gasteiger partial charge in [-0.1, -0.05) is 6.92 Å². The Balaban J connectivity index is 2.14. The van der Waals surface area contributed by atoms with Gasteiger partial charge in [0.2, 0.25) is 11.9 Å².